The number of rotatable bonds is 4. The Labute approximate surface area is 94.8 Å². The molecule has 3 heteroatoms. The number of para-hydroxylation sites is 1. The molecule has 0 radical (unpaired) electrons. The van der Waals surface area contributed by atoms with Crippen molar-refractivity contribution in [2.45, 2.75) is 6.92 Å². The summed E-state index contributed by atoms with van der Waals surface area (Å²) in [4.78, 5) is 5.40. The van der Waals surface area contributed by atoms with Crippen LogP contribution in [-0.2, 0) is 0 Å². The summed E-state index contributed by atoms with van der Waals surface area (Å²) in [5, 5.41) is 0. The second kappa shape index (κ2) is 5.16. The number of pyridine rings is 1. The molecule has 0 atom stereocenters. The van der Waals surface area contributed by atoms with Crippen molar-refractivity contribution < 1.29 is 14.3 Å². The predicted molar refractivity (Wildman–Crippen MR) is 60.3 cm³/mol. The summed E-state index contributed by atoms with van der Waals surface area (Å²) in [7, 11) is 0. The van der Waals surface area contributed by atoms with E-state index >= 15 is 0 Å². The first-order valence-corrected chi connectivity index (χ1v) is 5.27. The number of aromatic nitrogens is 1. The number of benzene rings is 1. The zero-order chi connectivity index (χ0) is 11.2. The maximum absolute atomic E-state index is 5.70. The molecule has 0 amide bonds. The highest BCUT2D eigenvalue weighted by Crippen LogP contribution is 2.16. The van der Waals surface area contributed by atoms with Crippen LogP contribution in [0, 0.1) is 0 Å². The lowest BCUT2D eigenvalue weighted by Crippen LogP contribution is -2.43. The minimum atomic E-state index is 0.597. The molecule has 1 heterocycles. The van der Waals surface area contributed by atoms with Crippen molar-refractivity contribution in [2.75, 3.05) is 6.61 Å². The van der Waals surface area contributed by atoms with E-state index < -0.39 is 0 Å². The molecule has 3 nitrogen and oxygen atoms in total. The average Bonchev–Trinajstić information content (AvgIpc) is 2.33. The van der Waals surface area contributed by atoms with Crippen molar-refractivity contribution in [1.29, 1.82) is 0 Å². The second-order valence-corrected chi connectivity index (χ2v) is 3.20. The molecule has 0 unspecified atom stereocenters. The summed E-state index contributed by atoms with van der Waals surface area (Å²) in [6, 6.07) is 15.3. The fraction of sp³-hybridized carbons (Fsp3) is 0.154. The third kappa shape index (κ3) is 2.51. The van der Waals surface area contributed by atoms with E-state index in [0.717, 1.165) is 5.75 Å². The highest BCUT2D eigenvalue weighted by Gasteiger charge is 2.12. The Kier molecular flexibility index (Phi) is 3.38. The predicted octanol–water partition coefficient (Wildman–Crippen LogP) is 2.21. The van der Waals surface area contributed by atoms with Gasteiger partial charge in [-0.05, 0) is 25.1 Å². The van der Waals surface area contributed by atoms with E-state index in [1.807, 2.05) is 61.7 Å². The van der Waals surface area contributed by atoms with Crippen LogP contribution in [-0.4, -0.2) is 6.61 Å². The van der Waals surface area contributed by atoms with Crippen LogP contribution in [0.4, 0.5) is 0 Å². The molecule has 82 valence electrons. The Morgan fingerprint density at radius 3 is 2.50 bits per heavy atom. The Hall–Kier alpha value is -2.03. The molecule has 0 N–H and O–H groups in total. The smallest absolute Gasteiger partial charge is 0.402 e. The fourth-order valence-corrected chi connectivity index (χ4v) is 1.35. The molecule has 0 aliphatic heterocycles. The summed E-state index contributed by atoms with van der Waals surface area (Å²) in [5.41, 5.74) is 0. The van der Waals surface area contributed by atoms with Crippen molar-refractivity contribution in [2.24, 2.45) is 0 Å². The number of hydrogen-bond acceptors (Lipinski definition) is 2. The van der Waals surface area contributed by atoms with Gasteiger partial charge in [0.2, 0.25) is 6.20 Å². The Morgan fingerprint density at radius 1 is 1.00 bits per heavy atom. The first-order valence-electron chi connectivity index (χ1n) is 5.27. The summed E-state index contributed by atoms with van der Waals surface area (Å²) in [5.74, 6) is 1.46. The van der Waals surface area contributed by atoms with E-state index in [-0.39, 0.29) is 0 Å². The standard InChI is InChI=1S/C13H14NO2/c1-2-15-14-11-7-6-10-13(14)16-12-8-4-3-5-9-12/h3-11H,2H2,1H3/q+1. The van der Waals surface area contributed by atoms with Gasteiger partial charge in [-0.2, -0.15) is 0 Å². The molecule has 0 aliphatic rings. The molecule has 2 aromatic rings. The highest BCUT2D eigenvalue weighted by molar-refractivity contribution is 5.24. The lowest BCUT2D eigenvalue weighted by atomic mass is 10.3. The maximum atomic E-state index is 5.70. The lowest BCUT2D eigenvalue weighted by Gasteiger charge is -2.03. The first kappa shape index (κ1) is 10.5. The number of ether oxygens (including phenoxy) is 1. The van der Waals surface area contributed by atoms with Gasteiger partial charge in [-0.25, -0.2) is 0 Å². The first-order chi connectivity index (χ1) is 7.90. The molecule has 1 aromatic carbocycles. The van der Waals surface area contributed by atoms with E-state index in [0.29, 0.717) is 12.5 Å². The minimum Gasteiger partial charge on any atom is -0.402 e. The molecular formula is C13H14NO2+. The van der Waals surface area contributed by atoms with Crippen LogP contribution in [0.5, 0.6) is 11.6 Å². The second-order valence-electron chi connectivity index (χ2n) is 3.20. The molecule has 16 heavy (non-hydrogen) atoms. The SMILES string of the molecule is CCO[n+]1ccccc1Oc1ccccc1. The minimum absolute atomic E-state index is 0.597. The van der Waals surface area contributed by atoms with Crippen LogP contribution in [0.25, 0.3) is 0 Å². The quantitative estimate of drug-likeness (QED) is 0.731. The Morgan fingerprint density at radius 2 is 1.75 bits per heavy atom. The third-order valence-corrected chi connectivity index (χ3v) is 2.02. The van der Waals surface area contributed by atoms with E-state index in [1.54, 1.807) is 4.73 Å². The zero-order valence-electron chi connectivity index (χ0n) is 9.17. The fourth-order valence-electron chi connectivity index (χ4n) is 1.35. The van der Waals surface area contributed by atoms with Crippen molar-refractivity contribution in [1.82, 2.24) is 0 Å². The van der Waals surface area contributed by atoms with Gasteiger partial charge in [-0.15, -0.1) is 0 Å². The van der Waals surface area contributed by atoms with Gasteiger partial charge in [0.15, 0.2) is 6.61 Å². The largest absolute Gasteiger partial charge is 0.422 e. The van der Waals surface area contributed by atoms with E-state index in [2.05, 4.69) is 0 Å². The van der Waals surface area contributed by atoms with Crippen LogP contribution in [0.3, 0.4) is 0 Å². The highest BCUT2D eigenvalue weighted by atomic mass is 16.7. The molecule has 0 saturated heterocycles. The maximum Gasteiger partial charge on any atom is 0.422 e. The molecule has 0 bridgehead atoms. The molecule has 0 spiro atoms. The van der Waals surface area contributed by atoms with Gasteiger partial charge in [0.25, 0.3) is 0 Å². The molecule has 2 rings (SSSR count). The summed E-state index contributed by atoms with van der Waals surface area (Å²) < 4.78 is 7.32. The van der Waals surface area contributed by atoms with Crippen molar-refractivity contribution >= 4 is 0 Å². The van der Waals surface area contributed by atoms with Gasteiger partial charge in [0, 0.05) is 10.8 Å². The normalized spacial score (nSPS) is 9.81. The number of nitrogens with zero attached hydrogens (tertiary/aromatic N) is 1. The van der Waals surface area contributed by atoms with Gasteiger partial charge >= 0.3 is 5.88 Å². The monoisotopic (exact) mass is 216 g/mol. The lowest BCUT2D eigenvalue weighted by molar-refractivity contribution is -0.892. The molecular weight excluding hydrogens is 202 g/mol. The van der Waals surface area contributed by atoms with Gasteiger partial charge < -0.3 is 4.74 Å². The van der Waals surface area contributed by atoms with Crippen molar-refractivity contribution in [3.8, 4) is 11.6 Å². The van der Waals surface area contributed by atoms with Gasteiger partial charge in [-0.1, -0.05) is 18.2 Å². The van der Waals surface area contributed by atoms with Crippen molar-refractivity contribution in [3.05, 3.63) is 54.7 Å². The Balaban J connectivity index is 2.21. The third-order valence-electron chi connectivity index (χ3n) is 2.02. The summed E-state index contributed by atoms with van der Waals surface area (Å²) >= 11 is 0. The Bertz CT molecular complexity index is 443. The molecule has 0 aliphatic carbocycles. The van der Waals surface area contributed by atoms with E-state index in [4.69, 9.17) is 9.57 Å². The molecule has 1 aromatic heterocycles. The average molecular weight is 216 g/mol. The zero-order valence-corrected chi connectivity index (χ0v) is 9.17. The van der Waals surface area contributed by atoms with Crippen LogP contribution >= 0.6 is 0 Å². The number of hydrogen-bond donors (Lipinski definition) is 0. The summed E-state index contributed by atoms with van der Waals surface area (Å²) in [6.45, 7) is 2.53. The van der Waals surface area contributed by atoms with Crippen LogP contribution in [0.1, 0.15) is 6.92 Å². The molecule has 0 saturated carbocycles. The summed E-state index contributed by atoms with van der Waals surface area (Å²) in [6.07, 6.45) is 1.82. The topological polar surface area (TPSA) is 22.3 Å². The van der Waals surface area contributed by atoms with Crippen molar-refractivity contribution in [3.63, 3.8) is 0 Å². The van der Waals surface area contributed by atoms with Crippen LogP contribution < -0.4 is 14.3 Å². The van der Waals surface area contributed by atoms with Crippen LogP contribution in [0.2, 0.25) is 0 Å². The van der Waals surface area contributed by atoms with Crippen LogP contribution in [0.15, 0.2) is 54.7 Å². The van der Waals surface area contributed by atoms with Gasteiger partial charge in [0.05, 0.1) is 6.07 Å². The molecule has 0 fully saturated rings. The van der Waals surface area contributed by atoms with E-state index in [1.165, 1.54) is 0 Å². The van der Waals surface area contributed by atoms with Gasteiger partial charge in [0.1, 0.15) is 5.75 Å². The van der Waals surface area contributed by atoms with Gasteiger partial charge in [-0.3, -0.25) is 4.84 Å². The van der Waals surface area contributed by atoms with E-state index in [9.17, 15) is 0 Å².